The number of hydrogen-bond donors (Lipinski definition) is 2. The normalized spacial score (nSPS) is 19.7. The topological polar surface area (TPSA) is 62.2 Å². The van der Waals surface area contributed by atoms with E-state index in [1.807, 2.05) is 50.4 Å². The monoisotopic (exact) mass is 487 g/mol. The fraction of sp³-hybridized carbons (Fsp3) is 0.393. The summed E-state index contributed by atoms with van der Waals surface area (Å²) in [5.74, 6) is -0.00927. The maximum atomic E-state index is 12.9. The van der Waals surface area contributed by atoms with E-state index >= 15 is 0 Å². The van der Waals surface area contributed by atoms with E-state index in [0.29, 0.717) is 24.1 Å². The van der Waals surface area contributed by atoms with Gasteiger partial charge in [0.15, 0.2) is 5.11 Å². The van der Waals surface area contributed by atoms with Crippen LogP contribution in [0.1, 0.15) is 71.2 Å². The Balaban J connectivity index is 1.41. The smallest absolute Gasteiger partial charge is 0.226 e. The SMILES string of the molecule is Cc1ccc(C)c(NC(=O)CCN2C(=S)NC(c3ccccn3)C2c2cc(C)n(C3CC3)c2C)c1. The van der Waals surface area contributed by atoms with Crippen molar-refractivity contribution in [3.8, 4) is 0 Å². The number of anilines is 1. The first-order chi connectivity index (χ1) is 16.8. The lowest BCUT2D eigenvalue weighted by Crippen LogP contribution is -2.33. The first-order valence-electron chi connectivity index (χ1n) is 12.4. The molecule has 1 amide bonds. The number of carbonyl (C=O) groups excluding carboxylic acids is 1. The molecule has 3 aromatic rings. The number of rotatable bonds is 7. The van der Waals surface area contributed by atoms with Crippen molar-refractivity contribution in [1.29, 1.82) is 0 Å². The van der Waals surface area contributed by atoms with Gasteiger partial charge in [-0.05, 0) is 93.7 Å². The van der Waals surface area contributed by atoms with Crippen molar-refractivity contribution >= 4 is 28.9 Å². The van der Waals surface area contributed by atoms with Crippen LogP contribution in [0.4, 0.5) is 5.69 Å². The minimum Gasteiger partial charge on any atom is -0.352 e. The van der Waals surface area contributed by atoms with Gasteiger partial charge in [0.05, 0.1) is 17.8 Å². The summed E-state index contributed by atoms with van der Waals surface area (Å²) >= 11 is 5.81. The predicted molar refractivity (Wildman–Crippen MR) is 143 cm³/mol. The van der Waals surface area contributed by atoms with Crippen molar-refractivity contribution in [3.05, 3.63) is 82.4 Å². The fourth-order valence-electron chi connectivity index (χ4n) is 5.29. The average molecular weight is 488 g/mol. The minimum absolute atomic E-state index is 0.00927. The standard InChI is InChI=1S/C28H33N5OS/c1-17-8-9-18(2)24(15-17)30-25(34)12-14-32-27(22-16-19(3)33(20(22)4)21-10-11-21)26(31-28(32)35)23-7-5-6-13-29-23/h5-9,13,15-16,21,26-27H,10-12,14H2,1-4H3,(H,30,34)(H,31,35). The average Bonchev–Trinajstić information content (AvgIpc) is 3.55. The van der Waals surface area contributed by atoms with Crippen LogP contribution in [-0.4, -0.2) is 32.0 Å². The summed E-state index contributed by atoms with van der Waals surface area (Å²) < 4.78 is 2.47. The molecule has 1 saturated heterocycles. The van der Waals surface area contributed by atoms with Crippen LogP contribution < -0.4 is 10.6 Å². The molecular weight excluding hydrogens is 454 g/mol. The van der Waals surface area contributed by atoms with Crippen LogP contribution in [0.25, 0.3) is 0 Å². The lowest BCUT2D eigenvalue weighted by Gasteiger charge is -2.28. The van der Waals surface area contributed by atoms with Crippen molar-refractivity contribution in [2.75, 3.05) is 11.9 Å². The number of nitrogens with zero attached hydrogens (tertiary/aromatic N) is 3. The van der Waals surface area contributed by atoms with E-state index in [1.54, 1.807) is 0 Å². The van der Waals surface area contributed by atoms with E-state index in [2.05, 4.69) is 51.1 Å². The maximum Gasteiger partial charge on any atom is 0.226 e. The van der Waals surface area contributed by atoms with E-state index in [9.17, 15) is 4.79 Å². The molecule has 2 aromatic heterocycles. The van der Waals surface area contributed by atoms with Gasteiger partial charge in [-0.2, -0.15) is 0 Å². The zero-order valence-corrected chi connectivity index (χ0v) is 21.7. The van der Waals surface area contributed by atoms with Crippen molar-refractivity contribution in [1.82, 2.24) is 19.8 Å². The van der Waals surface area contributed by atoms with Gasteiger partial charge in [0.25, 0.3) is 0 Å². The van der Waals surface area contributed by atoms with E-state index in [4.69, 9.17) is 12.2 Å². The molecule has 1 saturated carbocycles. The molecule has 182 valence electrons. The van der Waals surface area contributed by atoms with E-state index in [1.165, 1.54) is 29.8 Å². The maximum absolute atomic E-state index is 12.9. The molecule has 2 atom stereocenters. The minimum atomic E-state index is -0.0704. The second-order valence-corrected chi connectivity index (χ2v) is 10.3. The third-order valence-electron chi connectivity index (χ3n) is 7.20. The Morgan fingerprint density at radius 2 is 1.94 bits per heavy atom. The van der Waals surface area contributed by atoms with Crippen LogP contribution in [0.2, 0.25) is 0 Å². The fourth-order valence-corrected chi connectivity index (χ4v) is 5.62. The molecule has 2 unspecified atom stereocenters. The van der Waals surface area contributed by atoms with Crippen LogP contribution in [0.3, 0.4) is 0 Å². The number of benzene rings is 1. The van der Waals surface area contributed by atoms with E-state index in [0.717, 1.165) is 22.5 Å². The second-order valence-electron chi connectivity index (χ2n) is 9.86. The van der Waals surface area contributed by atoms with Crippen molar-refractivity contribution in [3.63, 3.8) is 0 Å². The molecule has 2 fully saturated rings. The highest BCUT2D eigenvalue weighted by Crippen LogP contribution is 2.44. The highest BCUT2D eigenvalue weighted by Gasteiger charge is 2.42. The van der Waals surface area contributed by atoms with Crippen LogP contribution >= 0.6 is 12.2 Å². The third kappa shape index (κ3) is 4.69. The molecule has 0 spiro atoms. The van der Waals surface area contributed by atoms with Gasteiger partial charge < -0.3 is 20.1 Å². The quantitative estimate of drug-likeness (QED) is 0.434. The number of pyridine rings is 1. The number of hydrogen-bond acceptors (Lipinski definition) is 3. The molecule has 1 aliphatic carbocycles. The van der Waals surface area contributed by atoms with Crippen LogP contribution in [0.15, 0.2) is 48.7 Å². The van der Waals surface area contributed by atoms with Crippen LogP contribution in [0.5, 0.6) is 0 Å². The summed E-state index contributed by atoms with van der Waals surface area (Å²) in [4.78, 5) is 19.8. The number of aryl methyl sites for hydroxylation is 3. The molecule has 6 nitrogen and oxygen atoms in total. The van der Waals surface area contributed by atoms with Gasteiger partial charge in [-0.25, -0.2) is 0 Å². The first kappa shape index (κ1) is 23.5. The first-order valence-corrected chi connectivity index (χ1v) is 12.8. The summed E-state index contributed by atoms with van der Waals surface area (Å²) in [7, 11) is 0. The number of carbonyl (C=O) groups is 1. The predicted octanol–water partition coefficient (Wildman–Crippen LogP) is 5.45. The molecular formula is C28H33N5OS. The van der Waals surface area contributed by atoms with Gasteiger partial charge in [-0.3, -0.25) is 9.78 Å². The molecule has 2 aliphatic rings. The molecule has 3 heterocycles. The van der Waals surface area contributed by atoms with E-state index < -0.39 is 0 Å². The molecule has 35 heavy (non-hydrogen) atoms. The van der Waals surface area contributed by atoms with Crippen molar-refractivity contribution in [2.45, 2.75) is 65.1 Å². The van der Waals surface area contributed by atoms with Crippen molar-refractivity contribution in [2.24, 2.45) is 0 Å². The molecule has 7 heteroatoms. The molecule has 0 radical (unpaired) electrons. The van der Waals surface area contributed by atoms with Crippen molar-refractivity contribution < 1.29 is 4.79 Å². The lowest BCUT2D eigenvalue weighted by molar-refractivity contribution is -0.116. The van der Waals surface area contributed by atoms with Gasteiger partial charge >= 0.3 is 0 Å². The summed E-state index contributed by atoms with van der Waals surface area (Å²) in [6.45, 7) is 8.97. The van der Waals surface area contributed by atoms with Gasteiger partial charge in [-0.1, -0.05) is 18.2 Å². The Bertz CT molecular complexity index is 1260. The Labute approximate surface area is 212 Å². The van der Waals surface area contributed by atoms with Gasteiger partial charge in [0.1, 0.15) is 0 Å². The largest absolute Gasteiger partial charge is 0.352 e. The van der Waals surface area contributed by atoms with E-state index in [-0.39, 0.29) is 18.0 Å². The third-order valence-corrected chi connectivity index (χ3v) is 7.55. The zero-order valence-electron chi connectivity index (χ0n) is 20.8. The molecule has 1 aliphatic heterocycles. The molecule has 5 rings (SSSR count). The lowest BCUT2D eigenvalue weighted by atomic mass is 9.96. The van der Waals surface area contributed by atoms with Gasteiger partial charge in [0, 0.05) is 42.3 Å². The Morgan fingerprint density at radius 1 is 1.14 bits per heavy atom. The second kappa shape index (κ2) is 9.46. The highest BCUT2D eigenvalue weighted by molar-refractivity contribution is 7.80. The summed E-state index contributed by atoms with van der Waals surface area (Å²) in [6, 6.07) is 14.9. The zero-order chi connectivity index (χ0) is 24.7. The molecule has 1 aromatic carbocycles. The van der Waals surface area contributed by atoms with Gasteiger partial charge in [-0.15, -0.1) is 0 Å². The summed E-state index contributed by atoms with van der Waals surface area (Å²) in [6.07, 6.45) is 4.65. The molecule has 2 N–H and O–H groups in total. The number of aromatic nitrogens is 2. The summed E-state index contributed by atoms with van der Waals surface area (Å²) in [5, 5.41) is 7.27. The number of amides is 1. The van der Waals surface area contributed by atoms with Gasteiger partial charge in [0.2, 0.25) is 5.91 Å². The van der Waals surface area contributed by atoms with Crippen LogP contribution in [0, 0.1) is 27.7 Å². The summed E-state index contributed by atoms with van der Waals surface area (Å²) in [5.41, 5.74) is 7.83. The van der Waals surface area contributed by atoms with Crippen LogP contribution in [-0.2, 0) is 4.79 Å². The highest BCUT2D eigenvalue weighted by atomic mass is 32.1. The molecule has 0 bridgehead atoms. The Morgan fingerprint density at radius 3 is 2.66 bits per heavy atom. The number of nitrogens with one attached hydrogen (secondary N) is 2. The number of thiocarbonyl (C=S) groups is 1. The Hall–Kier alpha value is -3.19. The Kier molecular flexibility index (Phi) is 6.36.